The van der Waals surface area contributed by atoms with Crippen LogP contribution in [0.25, 0.3) is 0 Å². The lowest BCUT2D eigenvalue weighted by Crippen LogP contribution is -2.14. The quantitative estimate of drug-likeness (QED) is 0.776. The van der Waals surface area contributed by atoms with Gasteiger partial charge in [0.2, 0.25) is 0 Å². The predicted molar refractivity (Wildman–Crippen MR) is 44.7 cm³/mol. The monoisotopic (exact) mass is 222 g/mol. The first-order valence-electron chi connectivity index (χ1n) is 3.41. The van der Waals surface area contributed by atoms with Gasteiger partial charge in [-0.2, -0.15) is 13.2 Å². The summed E-state index contributed by atoms with van der Waals surface area (Å²) >= 11 is -0.456. The third-order valence-electron chi connectivity index (χ3n) is 1.25. The number of amides is 1. The Labute approximate surface area is 81.5 Å². The molecule has 0 fully saturated rings. The lowest BCUT2D eigenvalue weighted by Gasteiger charge is -2.06. The number of pyridine rings is 1. The molecule has 2 N–H and O–H groups in total. The van der Waals surface area contributed by atoms with E-state index in [2.05, 4.69) is 4.98 Å². The van der Waals surface area contributed by atoms with Gasteiger partial charge < -0.3 is 5.73 Å². The Balaban J connectivity index is 3.02. The molecule has 0 spiro atoms. The fraction of sp³-hybridized carbons (Fsp3) is 0.143. The maximum atomic E-state index is 12.0. The number of nitrogens with zero attached hydrogens (tertiary/aromatic N) is 1. The smallest absolute Gasteiger partial charge is 0.366 e. The average molecular weight is 222 g/mol. The number of halogens is 3. The van der Waals surface area contributed by atoms with Crippen LogP contribution in [0.5, 0.6) is 0 Å². The molecule has 0 radical (unpaired) electrons. The van der Waals surface area contributed by atoms with E-state index in [1.54, 1.807) is 0 Å². The molecule has 0 atom stereocenters. The van der Waals surface area contributed by atoms with Gasteiger partial charge in [0.15, 0.2) is 0 Å². The van der Waals surface area contributed by atoms with Crippen LogP contribution >= 0.6 is 11.8 Å². The van der Waals surface area contributed by atoms with E-state index < -0.39 is 28.2 Å². The van der Waals surface area contributed by atoms with Crippen molar-refractivity contribution in [1.29, 1.82) is 0 Å². The van der Waals surface area contributed by atoms with Crippen LogP contribution in [0.1, 0.15) is 10.4 Å². The molecule has 0 saturated carbocycles. The van der Waals surface area contributed by atoms with Crippen molar-refractivity contribution in [3.8, 4) is 0 Å². The van der Waals surface area contributed by atoms with E-state index in [4.69, 9.17) is 5.73 Å². The summed E-state index contributed by atoms with van der Waals surface area (Å²) < 4.78 is 35.9. The molecule has 1 rings (SSSR count). The largest absolute Gasteiger partial charge is 0.447 e. The zero-order valence-corrected chi connectivity index (χ0v) is 7.52. The van der Waals surface area contributed by atoms with Gasteiger partial charge in [0, 0.05) is 18.0 Å². The zero-order valence-electron chi connectivity index (χ0n) is 6.71. The fourth-order valence-corrected chi connectivity index (χ4v) is 1.38. The van der Waals surface area contributed by atoms with Crippen LogP contribution in [0.4, 0.5) is 13.2 Å². The Morgan fingerprint density at radius 1 is 1.50 bits per heavy atom. The van der Waals surface area contributed by atoms with Gasteiger partial charge in [-0.15, -0.1) is 0 Å². The topological polar surface area (TPSA) is 56.0 Å². The third kappa shape index (κ3) is 2.91. The number of hydrogen-bond acceptors (Lipinski definition) is 3. The zero-order chi connectivity index (χ0) is 10.8. The molecule has 1 aromatic rings. The Morgan fingerprint density at radius 3 is 2.64 bits per heavy atom. The summed E-state index contributed by atoms with van der Waals surface area (Å²) in [5, 5.41) is -0.424. The third-order valence-corrected chi connectivity index (χ3v) is 2.00. The first kappa shape index (κ1) is 10.8. The summed E-state index contributed by atoms with van der Waals surface area (Å²) in [4.78, 5) is 14.1. The highest BCUT2D eigenvalue weighted by atomic mass is 32.2. The summed E-state index contributed by atoms with van der Waals surface area (Å²) in [5.74, 6) is -0.926. The Kier molecular flexibility index (Phi) is 3.00. The number of carbonyl (C=O) groups excluding carboxylic acids is 1. The summed E-state index contributed by atoms with van der Waals surface area (Å²) in [6, 6.07) is 2.55. The minimum absolute atomic E-state index is 0.227. The van der Waals surface area contributed by atoms with Gasteiger partial charge in [-0.25, -0.2) is 4.98 Å². The van der Waals surface area contributed by atoms with Crippen LogP contribution < -0.4 is 5.73 Å². The van der Waals surface area contributed by atoms with Crippen molar-refractivity contribution in [2.24, 2.45) is 5.73 Å². The second kappa shape index (κ2) is 3.87. The van der Waals surface area contributed by atoms with Crippen molar-refractivity contribution in [3.63, 3.8) is 0 Å². The summed E-state index contributed by atoms with van der Waals surface area (Å²) in [5.41, 5.74) is 0.173. The van der Waals surface area contributed by atoms with Crippen LogP contribution in [0.3, 0.4) is 0 Å². The highest BCUT2D eigenvalue weighted by Crippen LogP contribution is 2.36. The molecule has 3 nitrogen and oxygen atoms in total. The molecule has 76 valence electrons. The second-order valence-corrected chi connectivity index (χ2v) is 3.32. The standard InChI is InChI=1S/C7H5F3N2OS/c8-7(9,10)14-6-4(5(11)13)2-1-3-12-6/h1-3H,(H2,11,13). The first-order valence-corrected chi connectivity index (χ1v) is 4.22. The molecule has 0 aliphatic carbocycles. The van der Waals surface area contributed by atoms with E-state index in [-0.39, 0.29) is 5.56 Å². The average Bonchev–Trinajstić information content (AvgIpc) is 2.01. The number of hydrogen-bond donors (Lipinski definition) is 1. The molecule has 1 amide bonds. The first-order chi connectivity index (χ1) is 6.40. The Hall–Kier alpha value is -1.24. The highest BCUT2D eigenvalue weighted by Gasteiger charge is 2.31. The number of primary amides is 1. The fourth-order valence-electron chi connectivity index (χ4n) is 0.769. The van der Waals surface area contributed by atoms with Crippen molar-refractivity contribution >= 4 is 17.7 Å². The van der Waals surface area contributed by atoms with Gasteiger partial charge in [-0.1, -0.05) is 0 Å². The lowest BCUT2D eigenvalue weighted by atomic mass is 10.3. The van der Waals surface area contributed by atoms with Crippen LogP contribution in [0, 0.1) is 0 Å². The molecular formula is C7H5F3N2OS. The SMILES string of the molecule is NC(=O)c1cccnc1SC(F)(F)F. The van der Waals surface area contributed by atoms with Gasteiger partial charge >= 0.3 is 5.51 Å². The molecule has 0 aromatic carbocycles. The Morgan fingerprint density at radius 2 is 2.14 bits per heavy atom. The van der Waals surface area contributed by atoms with Crippen molar-refractivity contribution in [3.05, 3.63) is 23.9 Å². The van der Waals surface area contributed by atoms with Crippen molar-refractivity contribution in [2.45, 2.75) is 10.5 Å². The molecule has 0 bridgehead atoms. The minimum atomic E-state index is -4.47. The molecular weight excluding hydrogens is 217 g/mol. The minimum Gasteiger partial charge on any atom is -0.366 e. The summed E-state index contributed by atoms with van der Waals surface area (Å²) in [7, 11) is 0. The predicted octanol–water partition coefficient (Wildman–Crippen LogP) is 1.79. The van der Waals surface area contributed by atoms with E-state index >= 15 is 0 Å². The molecule has 1 aromatic heterocycles. The highest BCUT2D eigenvalue weighted by molar-refractivity contribution is 8.00. The van der Waals surface area contributed by atoms with Crippen molar-refractivity contribution in [2.75, 3.05) is 0 Å². The van der Waals surface area contributed by atoms with Crippen LogP contribution in [0.2, 0.25) is 0 Å². The van der Waals surface area contributed by atoms with Crippen molar-refractivity contribution in [1.82, 2.24) is 4.98 Å². The van der Waals surface area contributed by atoms with Gasteiger partial charge in [0.1, 0.15) is 5.03 Å². The van der Waals surface area contributed by atoms with Gasteiger partial charge in [0.25, 0.3) is 5.91 Å². The van der Waals surface area contributed by atoms with E-state index in [0.717, 1.165) is 0 Å². The number of carbonyl (C=O) groups is 1. The van der Waals surface area contributed by atoms with E-state index in [1.165, 1.54) is 18.3 Å². The van der Waals surface area contributed by atoms with Gasteiger partial charge in [-0.3, -0.25) is 4.79 Å². The van der Waals surface area contributed by atoms with Crippen LogP contribution in [-0.4, -0.2) is 16.4 Å². The molecule has 0 unspecified atom stereocenters. The van der Waals surface area contributed by atoms with Crippen LogP contribution in [0.15, 0.2) is 23.4 Å². The lowest BCUT2D eigenvalue weighted by molar-refractivity contribution is -0.0329. The number of thioether (sulfide) groups is 1. The molecule has 1 heterocycles. The van der Waals surface area contributed by atoms with E-state index in [9.17, 15) is 18.0 Å². The normalized spacial score (nSPS) is 11.4. The Bertz CT molecular complexity index is 353. The maximum absolute atomic E-state index is 12.0. The van der Waals surface area contributed by atoms with Crippen molar-refractivity contribution < 1.29 is 18.0 Å². The second-order valence-electron chi connectivity index (χ2n) is 2.27. The molecule has 14 heavy (non-hydrogen) atoms. The van der Waals surface area contributed by atoms with E-state index in [0.29, 0.717) is 0 Å². The number of nitrogens with two attached hydrogens (primary N) is 1. The number of alkyl halides is 3. The maximum Gasteiger partial charge on any atom is 0.447 e. The summed E-state index contributed by atoms with van der Waals surface area (Å²) in [6.45, 7) is 0. The number of rotatable bonds is 2. The molecule has 0 aliphatic heterocycles. The van der Waals surface area contributed by atoms with Gasteiger partial charge in [-0.05, 0) is 12.1 Å². The molecule has 0 saturated heterocycles. The van der Waals surface area contributed by atoms with Gasteiger partial charge in [0.05, 0.1) is 5.56 Å². The van der Waals surface area contributed by atoms with Crippen LogP contribution in [-0.2, 0) is 0 Å². The summed E-state index contributed by atoms with van der Waals surface area (Å²) in [6.07, 6.45) is 1.17. The number of aromatic nitrogens is 1. The molecule has 0 aliphatic rings. The molecule has 7 heteroatoms. The van der Waals surface area contributed by atoms with E-state index in [1.807, 2.05) is 0 Å².